The van der Waals surface area contributed by atoms with Crippen molar-refractivity contribution in [3.05, 3.63) is 59.7 Å². The van der Waals surface area contributed by atoms with Crippen LogP contribution in [0.5, 0.6) is 0 Å². The molecule has 0 amide bonds. The number of rotatable bonds is 2. The molecule has 0 unspecified atom stereocenters. The van der Waals surface area contributed by atoms with Crippen LogP contribution in [0.15, 0.2) is 48.5 Å². The van der Waals surface area contributed by atoms with Crippen LogP contribution >= 0.6 is 0 Å². The molecule has 0 fully saturated rings. The fraction of sp³-hybridized carbons (Fsp3) is 0.235. The van der Waals surface area contributed by atoms with Gasteiger partial charge < -0.3 is 10.8 Å². The Balaban J connectivity index is 0.000000444. The van der Waals surface area contributed by atoms with E-state index in [1.807, 2.05) is 51.1 Å². The second-order valence-corrected chi connectivity index (χ2v) is 5.00. The van der Waals surface area contributed by atoms with Crippen molar-refractivity contribution in [3.8, 4) is 11.1 Å². The van der Waals surface area contributed by atoms with Crippen molar-refractivity contribution in [1.82, 2.24) is 0 Å². The van der Waals surface area contributed by atoms with Gasteiger partial charge in [-0.25, -0.2) is 4.79 Å². The smallest absolute Gasteiger partial charge is 0.335 e. The van der Waals surface area contributed by atoms with Crippen LogP contribution in [0.4, 0.5) is 0 Å². The first kappa shape index (κ1) is 15.9. The Morgan fingerprint density at radius 2 is 1.60 bits per heavy atom. The summed E-state index contributed by atoms with van der Waals surface area (Å²) in [5.74, 6) is -0.894. The lowest BCUT2D eigenvalue weighted by Crippen LogP contribution is -2.06. The predicted molar refractivity (Wildman–Crippen MR) is 82.9 cm³/mol. The zero-order chi connectivity index (χ0) is 15.1. The molecule has 3 heteroatoms. The zero-order valence-corrected chi connectivity index (χ0v) is 12.1. The van der Waals surface area contributed by atoms with Crippen molar-refractivity contribution in [2.75, 3.05) is 0 Å². The van der Waals surface area contributed by atoms with E-state index in [4.69, 9.17) is 10.8 Å². The number of nitrogens with two attached hydrogens (primary N) is 1. The van der Waals surface area contributed by atoms with Crippen LogP contribution in [0.25, 0.3) is 11.1 Å². The molecule has 106 valence electrons. The van der Waals surface area contributed by atoms with Gasteiger partial charge in [-0.1, -0.05) is 55.8 Å². The fourth-order valence-corrected chi connectivity index (χ4v) is 1.58. The van der Waals surface area contributed by atoms with Crippen LogP contribution in [0.3, 0.4) is 0 Å². The SMILES string of the molecule is CC(C)N.Cc1ccc(-c2cccc(C(=O)O)c2)cc1. The van der Waals surface area contributed by atoms with E-state index in [-0.39, 0.29) is 0 Å². The van der Waals surface area contributed by atoms with Gasteiger partial charge in [-0.05, 0) is 36.2 Å². The van der Waals surface area contributed by atoms with Gasteiger partial charge in [-0.3, -0.25) is 0 Å². The monoisotopic (exact) mass is 271 g/mol. The summed E-state index contributed by atoms with van der Waals surface area (Å²) >= 11 is 0. The number of carboxylic acid groups (broad SMARTS) is 1. The summed E-state index contributed by atoms with van der Waals surface area (Å²) in [6, 6.07) is 15.3. The molecule has 0 aliphatic carbocycles. The lowest BCUT2D eigenvalue weighted by atomic mass is 10.0. The topological polar surface area (TPSA) is 63.3 Å². The normalized spacial score (nSPS) is 9.85. The molecule has 3 N–H and O–H groups in total. The third-order valence-corrected chi connectivity index (χ3v) is 2.49. The van der Waals surface area contributed by atoms with E-state index in [1.54, 1.807) is 18.2 Å². The van der Waals surface area contributed by atoms with Crippen molar-refractivity contribution < 1.29 is 9.90 Å². The molecule has 20 heavy (non-hydrogen) atoms. The maximum absolute atomic E-state index is 10.8. The first-order chi connectivity index (χ1) is 9.40. The quantitative estimate of drug-likeness (QED) is 0.875. The van der Waals surface area contributed by atoms with E-state index in [0.29, 0.717) is 11.6 Å². The van der Waals surface area contributed by atoms with E-state index in [2.05, 4.69) is 0 Å². The molecular formula is C17H21NO2. The minimum Gasteiger partial charge on any atom is -0.478 e. The maximum Gasteiger partial charge on any atom is 0.335 e. The Labute approximate surface area is 120 Å². The van der Waals surface area contributed by atoms with E-state index < -0.39 is 5.97 Å². The summed E-state index contributed by atoms with van der Waals surface area (Å²) < 4.78 is 0. The summed E-state index contributed by atoms with van der Waals surface area (Å²) in [6.07, 6.45) is 0. The second kappa shape index (κ2) is 7.46. The van der Waals surface area contributed by atoms with Gasteiger partial charge in [-0.2, -0.15) is 0 Å². The summed E-state index contributed by atoms with van der Waals surface area (Å²) in [6.45, 7) is 5.91. The highest BCUT2D eigenvalue weighted by Gasteiger charge is 2.04. The van der Waals surface area contributed by atoms with Crippen molar-refractivity contribution in [2.45, 2.75) is 26.8 Å². The number of aromatic carboxylic acids is 1. The molecule has 0 radical (unpaired) electrons. The molecule has 0 saturated carbocycles. The standard InChI is InChI=1S/C14H12O2.C3H9N/c1-10-5-7-11(8-6-10)12-3-2-4-13(9-12)14(15)16;1-3(2)4/h2-9H,1H3,(H,15,16);3H,4H2,1-2H3. The Bertz CT molecular complexity index is 557. The second-order valence-electron chi connectivity index (χ2n) is 5.00. The number of carboxylic acids is 1. The average Bonchev–Trinajstić information content (AvgIpc) is 2.39. The molecule has 2 aromatic carbocycles. The highest BCUT2D eigenvalue weighted by atomic mass is 16.4. The summed E-state index contributed by atoms with van der Waals surface area (Å²) in [4.78, 5) is 10.8. The van der Waals surface area contributed by atoms with Crippen molar-refractivity contribution >= 4 is 5.97 Å². The third-order valence-electron chi connectivity index (χ3n) is 2.49. The zero-order valence-electron chi connectivity index (χ0n) is 12.1. The Kier molecular flexibility index (Phi) is 5.94. The predicted octanol–water partition coefficient (Wildman–Crippen LogP) is 3.71. The average molecular weight is 271 g/mol. The molecule has 3 nitrogen and oxygen atoms in total. The molecule has 0 aromatic heterocycles. The van der Waals surface area contributed by atoms with Crippen LogP contribution in [0.1, 0.15) is 29.8 Å². The van der Waals surface area contributed by atoms with Crippen molar-refractivity contribution in [2.24, 2.45) is 5.73 Å². The van der Waals surface area contributed by atoms with Crippen LogP contribution in [0.2, 0.25) is 0 Å². The van der Waals surface area contributed by atoms with Gasteiger partial charge >= 0.3 is 5.97 Å². The molecular weight excluding hydrogens is 250 g/mol. The summed E-state index contributed by atoms with van der Waals surface area (Å²) in [5.41, 5.74) is 8.59. The van der Waals surface area contributed by atoms with Crippen molar-refractivity contribution in [1.29, 1.82) is 0 Å². The van der Waals surface area contributed by atoms with Crippen molar-refractivity contribution in [3.63, 3.8) is 0 Å². The minimum absolute atomic E-state index is 0.318. The third kappa shape index (κ3) is 5.24. The number of hydrogen-bond acceptors (Lipinski definition) is 2. The molecule has 0 aliphatic rings. The maximum atomic E-state index is 10.8. The van der Waals surface area contributed by atoms with Crippen LogP contribution < -0.4 is 5.73 Å². The summed E-state index contributed by atoms with van der Waals surface area (Å²) in [7, 11) is 0. The van der Waals surface area contributed by atoms with E-state index in [9.17, 15) is 4.79 Å². The van der Waals surface area contributed by atoms with E-state index >= 15 is 0 Å². The van der Waals surface area contributed by atoms with E-state index in [1.165, 1.54) is 5.56 Å². The molecule has 2 aromatic rings. The van der Waals surface area contributed by atoms with Gasteiger partial charge in [0.1, 0.15) is 0 Å². The number of aryl methyl sites for hydroxylation is 1. The van der Waals surface area contributed by atoms with Crippen LogP contribution in [-0.2, 0) is 0 Å². The Morgan fingerprint density at radius 1 is 1.05 bits per heavy atom. The van der Waals surface area contributed by atoms with Crippen LogP contribution in [-0.4, -0.2) is 17.1 Å². The fourth-order valence-electron chi connectivity index (χ4n) is 1.58. The molecule has 2 rings (SSSR count). The van der Waals surface area contributed by atoms with E-state index in [0.717, 1.165) is 11.1 Å². The van der Waals surface area contributed by atoms with Gasteiger partial charge in [0, 0.05) is 0 Å². The minimum atomic E-state index is -0.894. The largest absolute Gasteiger partial charge is 0.478 e. The number of hydrogen-bond donors (Lipinski definition) is 2. The molecule has 0 aliphatic heterocycles. The number of benzene rings is 2. The molecule has 0 saturated heterocycles. The Morgan fingerprint density at radius 3 is 2.10 bits per heavy atom. The molecule has 0 bridgehead atoms. The Hall–Kier alpha value is -2.13. The summed E-state index contributed by atoms with van der Waals surface area (Å²) in [5, 5.41) is 8.90. The highest BCUT2D eigenvalue weighted by Crippen LogP contribution is 2.20. The van der Waals surface area contributed by atoms with Gasteiger partial charge in [0.05, 0.1) is 5.56 Å². The van der Waals surface area contributed by atoms with Gasteiger partial charge in [0.2, 0.25) is 0 Å². The number of carbonyl (C=O) groups is 1. The molecule has 0 atom stereocenters. The molecule has 0 spiro atoms. The van der Waals surface area contributed by atoms with Crippen LogP contribution in [0, 0.1) is 6.92 Å². The first-order valence-electron chi connectivity index (χ1n) is 6.56. The lowest BCUT2D eigenvalue weighted by Gasteiger charge is -2.03. The highest BCUT2D eigenvalue weighted by molar-refractivity contribution is 5.89. The molecule has 0 heterocycles. The van der Waals surface area contributed by atoms with Gasteiger partial charge in [0.15, 0.2) is 0 Å². The van der Waals surface area contributed by atoms with Gasteiger partial charge in [0.25, 0.3) is 0 Å². The van der Waals surface area contributed by atoms with Gasteiger partial charge in [-0.15, -0.1) is 0 Å². The first-order valence-corrected chi connectivity index (χ1v) is 6.56. The lowest BCUT2D eigenvalue weighted by molar-refractivity contribution is 0.0697.